The molecule has 18 heavy (non-hydrogen) atoms. The van der Waals surface area contributed by atoms with Gasteiger partial charge >= 0.3 is 0 Å². The molecule has 0 amide bonds. The Hall–Kier alpha value is -0.480. The SMILES string of the molecule is CCCCOCCOc1c(Cl)cc(Cl)cc1CO. The maximum Gasteiger partial charge on any atom is 0.143 e. The van der Waals surface area contributed by atoms with Crippen LogP contribution >= 0.6 is 23.2 Å². The third kappa shape index (κ3) is 5.02. The molecular formula is C13H18Cl2O3. The van der Waals surface area contributed by atoms with Crippen molar-refractivity contribution >= 4 is 23.2 Å². The number of hydrogen-bond acceptors (Lipinski definition) is 3. The quantitative estimate of drug-likeness (QED) is 0.743. The maximum atomic E-state index is 9.21. The molecule has 0 aliphatic rings. The lowest BCUT2D eigenvalue weighted by Crippen LogP contribution is -2.09. The summed E-state index contributed by atoms with van der Waals surface area (Å²) in [6.45, 7) is 3.59. The van der Waals surface area contributed by atoms with Gasteiger partial charge in [-0.25, -0.2) is 0 Å². The molecule has 0 radical (unpaired) electrons. The minimum Gasteiger partial charge on any atom is -0.489 e. The van der Waals surface area contributed by atoms with Crippen LogP contribution in [-0.4, -0.2) is 24.9 Å². The Kier molecular flexibility index (Phi) is 7.44. The highest BCUT2D eigenvalue weighted by molar-refractivity contribution is 6.35. The maximum absolute atomic E-state index is 9.21. The smallest absolute Gasteiger partial charge is 0.143 e. The molecule has 1 rings (SSSR count). The molecule has 1 N–H and O–H groups in total. The predicted molar refractivity (Wildman–Crippen MR) is 73.6 cm³/mol. The first-order valence-electron chi connectivity index (χ1n) is 5.98. The first kappa shape index (κ1) is 15.6. The molecule has 0 bridgehead atoms. The fourth-order valence-electron chi connectivity index (χ4n) is 1.44. The molecular weight excluding hydrogens is 275 g/mol. The second-order valence-corrected chi connectivity index (χ2v) is 4.69. The molecule has 0 atom stereocenters. The van der Waals surface area contributed by atoms with Crippen molar-refractivity contribution < 1.29 is 14.6 Å². The van der Waals surface area contributed by atoms with E-state index in [9.17, 15) is 5.11 Å². The Morgan fingerprint density at radius 3 is 2.61 bits per heavy atom. The van der Waals surface area contributed by atoms with Crippen molar-refractivity contribution in [3.63, 3.8) is 0 Å². The summed E-state index contributed by atoms with van der Waals surface area (Å²) in [5.74, 6) is 0.475. The summed E-state index contributed by atoms with van der Waals surface area (Å²) < 4.78 is 10.9. The lowest BCUT2D eigenvalue weighted by molar-refractivity contribution is 0.0972. The van der Waals surface area contributed by atoms with Gasteiger partial charge in [0, 0.05) is 17.2 Å². The fraction of sp³-hybridized carbons (Fsp3) is 0.538. The van der Waals surface area contributed by atoms with Gasteiger partial charge in [-0.2, -0.15) is 0 Å². The van der Waals surface area contributed by atoms with E-state index in [4.69, 9.17) is 32.7 Å². The number of rotatable bonds is 8. The second kappa shape index (κ2) is 8.59. The Labute approximate surface area is 118 Å². The van der Waals surface area contributed by atoms with Crippen LogP contribution in [-0.2, 0) is 11.3 Å². The number of ether oxygens (including phenoxy) is 2. The molecule has 0 aliphatic heterocycles. The first-order valence-corrected chi connectivity index (χ1v) is 6.74. The van der Waals surface area contributed by atoms with Gasteiger partial charge in [0.15, 0.2) is 0 Å². The van der Waals surface area contributed by atoms with Crippen molar-refractivity contribution in [1.29, 1.82) is 0 Å². The zero-order valence-electron chi connectivity index (χ0n) is 10.4. The van der Waals surface area contributed by atoms with E-state index in [0.717, 1.165) is 19.4 Å². The monoisotopic (exact) mass is 292 g/mol. The zero-order valence-corrected chi connectivity index (χ0v) is 11.9. The summed E-state index contributed by atoms with van der Waals surface area (Å²) in [7, 11) is 0. The highest BCUT2D eigenvalue weighted by Crippen LogP contribution is 2.32. The number of aliphatic hydroxyl groups excluding tert-OH is 1. The van der Waals surface area contributed by atoms with Crippen molar-refractivity contribution in [2.75, 3.05) is 19.8 Å². The van der Waals surface area contributed by atoms with Crippen molar-refractivity contribution in [3.05, 3.63) is 27.7 Å². The third-order valence-electron chi connectivity index (χ3n) is 2.37. The molecule has 102 valence electrons. The van der Waals surface area contributed by atoms with E-state index in [1.165, 1.54) is 0 Å². The molecule has 0 aromatic heterocycles. The van der Waals surface area contributed by atoms with Crippen molar-refractivity contribution in [2.45, 2.75) is 26.4 Å². The van der Waals surface area contributed by atoms with Gasteiger partial charge in [0.2, 0.25) is 0 Å². The van der Waals surface area contributed by atoms with E-state index in [2.05, 4.69) is 6.92 Å². The van der Waals surface area contributed by atoms with Crippen LogP contribution < -0.4 is 4.74 Å². The average molecular weight is 293 g/mol. The lowest BCUT2D eigenvalue weighted by Gasteiger charge is -2.12. The molecule has 0 saturated carbocycles. The third-order valence-corrected chi connectivity index (χ3v) is 2.87. The zero-order chi connectivity index (χ0) is 13.4. The van der Waals surface area contributed by atoms with Crippen LogP contribution in [0.15, 0.2) is 12.1 Å². The number of aliphatic hydroxyl groups is 1. The van der Waals surface area contributed by atoms with Gasteiger partial charge in [0.1, 0.15) is 12.4 Å². The highest BCUT2D eigenvalue weighted by Gasteiger charge is 2.09. The van der Waals surface area contributed by atoms with Crippen molar-refractivity contribution in [3.8, 4) is 5.75 Å². The van der Waals surface area contributed by atoms with Crippen LogP contribution in [0.5, 0.6) is 5.75 Å². The van der Waals surface area contributed by atoms with Gasteiger partial charge in [-0.15, -0.1) is 0 Å². The second-order valence-electron chi connectivity index (χ2n) is 3.85. The summed E-state index contributed by atoms with van der Waals surface area (Å²) in [5.41, 5.74) is 0.584. The van der Waals surface area contributed by atoms with E-state index < -0.39 is 0 Å². The van der Waals surface area contributed by atoms with E-state index in [1.54, 1.807) is 12.1 Å². The summed E-state index contributed by atoms with van der Waals surface area (Å²) in [6.07, 6.45) is 2.15. The van der Waals surface area contributed by atoms with Gasteiger partial charge in [-0.05, 0) is 18.6 Å². The Morgan fingerprint density at radius 2 is 1.94 bits per heavy atom. The molecule has 0 saturated heterocycles. The molecule has 0 aliphatic carbocycles. The van der Waals surface area contributed by atoms with Gasteiger partial charge in [0.05, 0.1) is 18.2 Å². The van der Waals surface area contributed by atoms with Gasteiger partial charge in [0.25, 0.3) is 0 Å². The van der Waals surface area contributed by atoms with Crippen LogP contribution in [0, 0.1) is 0 Å². The molecule has 0 heterocycles. The van der Waals surface area contributed by atoms with Crippen LogP contribution in [0.2, 0.25) is 10.0 Å². The van der Waals surface area contributed by atoms with Gasteiger partial charge in [-0.3, -0.25) is 0 Å². The Bertz CT molecular complexity index is 369. The molecule has 0 fully saturated rings. The lowest BCUT2D eigenvalue weighted by atomic mass is 10.2. The van der Waals surface area contributed by atoms with Gasteiger partial charge < -0.3 is 14.6 Å². The summed E-state index contributed by atoms with van der Waals surface area (Å²) >= 11 is 11.9. The molecule has 1 aromatic rings. The summed E-state index contributed by atoms with van der Waals surface area (Å²) in [4.78, 5) is 0. The highest BCUT2D eigenvalue weighted by atomic mass is 35.5. The van der Waals surface area contributed by atoms with E-state index in [-0.39, 0.29) is 6.61 Å². The summed E-state index contributed by atoms with van der Waals surface area (Å²) in [5, 5.41) is 10.1. The average Bonchev–Trinajstić information content (AvgIpc) is 2.35. The molecule has 0 unspecified atom stereocenters. The molecule has 1 aromatic carbocycles. The standard InChI is InChI=1S/C13H18Cl2O3/c1-2-3-4-17-5-6-18-13-10(9-16)7-11(14)8-12(13)15/h7-8,16H,2-6,9H2,1H3. The summed E-state index contributed by atoms with van der Waals surface area (Å²) in [6, 6.07) is 3.23. The Balaban J connectivity index is 2.46. The van der Waals surface area contributed by atoms with E-state index >= 15 is 0 Å². The number of halogens is 2. The molecule has 0 spiro atoms. The largest absolute Gasteiger partial charge is 0.489 e. The fourth-order valence-corrected chi connectivity index (χ4v) is 2.03. The minimum absolute atomic E-state index is 0.160. The number of unbranched alkanes of at least 4 members (excludes halogenated alkanes) is 1. The van der Waals surface area contributed by atoms with Crippen LogP contribution in [0.25, 0.3) is 0 Å². The van der Waals surface area contributed by atoms with E-state index in [1.807, 2.05) is 0 Å². The van der Waals surface area contributed by atoms with Crippen LogP contribution in [0.3, 0.4) is 0 Å². The van der Waals surface area contributed by atoms with Crippen LogP contribution in [0.1, 0.15) is 25.3 Å². The Morgan fingerprint density at radius 1 is 1.17 bits per heavy atom. The van der Waals surface area contributed by atoms with Gasteiger partial charge in [-0.1, -0.05) is 36.5 Å². The van der Waals surface area contributed by atoms with Crippen LogP contribution in [0.4, 0.5) is 0 Å². The molecule has 3 nitrogen and oxygen atoms in total. The van der Waals surface area contributed by atoms with Crippen molar-refractivity contribution in [1.82, 2.24) is 0 Å². The predicted octanol–water partition coefficient (Wildman–Crippen LogP) is 3.68. The number of benzene rings is 1. The van der Waals surface area contributed by atoms with Crippen molar-refractivity contribution in [2.24, 2.45) is 0 Å². The first-order chi connectivity index (χ1) is 8.69. The topological polar surface area (TPSA) is 38.7 Å². The minimum atomic E-state index is -0.160. The normalized spacial score (nSPS) is 10.7. The number of hydrogen-bond donors (Lipinski definition) is 1. The van der Waals surface area contributed by atoms with E-state index in [0.29, 0.717) is 34.6 Å². The molecule has 5 heteroatoms.